The van der Waals surface area contributed by atoms with Crippen molar-refractivity contribution < 1.29 is 0 Å². The predicted molar refractivity (Wildman–Crippen MR) is 81.8 cm³/mol. The van der Waals surface area contributed by atoms with E-state index in [9.17, 15) is 0 Å². The summed E-state index contributed by atoms with van der Waals surface area (Å²) in [5.74, 6) is 0. The van der Waals surface area contributed by atoms with E-state index in [-0.39, 0.29) is 0 Å². The number of nitrogens with two attached hydrogens (primary N) is 1. The van der Waals surface area contributed by atoms with Crippen LogP contribution in [0.25, 0.3) is 20.8 Å². The van der Waals surface area contributed by atoms with E-state index in [1.54, 1.807) is 22.7 Å². The van der Waals surface area contributed by atoms with Crippen LogP contribution in [-0.4, -0.2) is 4.98 Å². The number of aromatic nitrogens is 1. The molecule has 0 bridgehead atoms. The van der Waals surface area contributed by atoms with E-state index in [4.69, 9.17) is 17.3 Å². The molecule has 2 heterocycles. The number of thiophene rings is 1. The Hall–Kier alpha value is -1.10. The maximum Gasteiger partial charge on any atom is 0.127 e. The SMILES string of the molecule is Cc1sc(N)c(-c2nc3cc(Cl)ccc3s2)c1C. The topological polar surface area (TPSA) is 38.9 Å². The average Bonchev–Trinajstić information content (AvgIpc) is 2.80. The molecule has 0 saturated carbocycles. The zero-order chi connectivity index (χ0) is 12.9. The number of benzene rings is 1. The first-order valence-electron chi connectivity index (χ1n) is 5.48. The summed E-state index contributed by atoms with van der Waals surface area (Å²) in [6.07, 6.45) is 0. The maximum absolute atomic E-state index is 6.09. The summed E-state index contributed by atoms with van der Waals surface area (Å²) in [5.41, 5.74) is 9.32. The van der Waals surface area contributed by atoms with Gasteiger partial charge in [-0.1, -0.05) is 11.6 Å². The third-order valence-corrected chi connectivity index (χ3v) is 5.30. The lowest BCUT2D eigenvalue weighted by molar-refractivity contribution is 1.41. The molecule has 0 aliphatic heterocycles. The largest absolute Gasteiger partial charge is 0.390 e. The normalized spacial score (nSPS) is 11.3. The first-order valence-corrected chi connectivity index (χ1v) is 7.49. The fourth-order valence-corrected chi connectivity index (χ4v) is 4.16. The van der Waals surface area contributed by atoms with E-state index in [1.807, 2.05) is 18.2 Å². The molecule has 0 aliphatic rings. The Morgan fingerprint density at radius 1 is 1.22 bits per heavy atom. The van der Waals surface area contributed by atoms with Gasteiger partial charge in [0.25, 0.3) is 0 Å². The van der Waals surface area contributed by atoms with Crippen molar-refractivity contribution in [1.29, 1.82) is 0 Å². The van der Waals surface area contributed by atoms with Gasteiger partial charge in [0.05, 0.1) is 15.2 Å². The molecule has 0 amide bonds. The summed E-state index contributed by atoms with van der Waals surface area (Å²) in [6.45, 7) is 4.18. The Morgan fingerprint density at radius 3 is 2.67 bits per heavy atom. The highest BCUT2D eigenvalue weighted by molar-refractivity contribution is 7.22. The Bertz CT molecular complexity index is 743. The minimum Gasteiger partial charge on any atom is -0.390 e. The molecule has 0 spiro atoms. The van der Waals surface area contributed by atoms with Gasteiger partial charge in [-0.2, -0.15) is 0 Å². The molecule has 3 rings (SSSR count). The molecular weight excluding hydrogens is 284 g/mol. The molecular formula is C13H11ClN2S2. The van der Waals surface area contributed by atoms with Crippen LogP contribution in [0.2, 0.25) is 5.02 Å². The van der Waals surface area contributed by atoms with Crippen molar-refractivity contribution in [3.8, 4) is 10.6 Å². The highest BCUT2D eigenvalue weighted by Gasteiger charge is 2.16. The molecule has 0 fully saturated rings. The van der Waals surface area contributed by atoms with Crippen molar-refractivity contribution in [3.05, 3.63) is 33.7 Å². The molecule has 2 nitrogen and oxygen atoms in total. The molecule has 0 aliphatic carbocycles. The summed E-state index contributed by atoms with van der Waals surface area (Å²) in [5, 5.41) is 2.53. The second-order valence-electron chi connectivity index (χ2n) is 4.15. The second-order valence-corrected chi connectivity index (χ2v) is 6.88. The maximum atomic E-state index is 6.09. The lowest BCUT2D eigenvalue weighted by Crippen LogP contribution is -1.85. The zero-order valence-electron chi connectivity index (χ0n) is 9.95. The van der Waals surface area contributed by atoms with Crippen LogP contribution in [0.1, 0.15) is 10.4 Å². The van der Waals surface area contributed by atoms with Crippen molar-refractivity contribution in [2.24, 2.45) is 0 Å². The van der Waals surface area contributed by atoms with Crippen molar-refractivity contribution in [1.82, 2.24) is 4.98 Å². The predicted octanol–water partition coefficient (Wildman–Crippen LogP) is 4.88. The molecule has 0 atom stereocenters. The van der Waals surface area contributed by atoms with E-state index in [2.05, 4.69) is 18.8 Å². The minimum absolute atomic E-state index is 0.713. The van der Waals surface area contributed by atoms with Gasteiger partial charge >= 0.3 is 0 Å². The average molecular weight is 295 g/mol. The number of anilines is 1. The van der Waals surface area contributed by atoms with Gasteiger partial charge < -0.3 is 5.73 Å². The van der Waals surface area contributed by atoms with Gasteiger partial charge in [0.1, 0.15) is 5.01 Å². The summed E-state index contributed by atoms with van der Waals surface area (Å²) < 4.78 is 1.14. The Morgan fingerprint density at radius 2 is 2.00 bits per heavy atom. The number of rotatable bonds is 1. The summed E-state index contributed by atoms with van der Waals surface area (Å²) >= 11 is 9.26. The molecule has 0 unspecified atom stereocenters. The van der Waals surface area contributed by atoms with Gasteiger partial charge in [0.15, 0.2) is 0 Å². The molecule has 3 aromatic rings. The summed E-state index contributed by atoms with van der Waals surface area (Å²) in [7, 11) is 0. The van der Waals surface area contributed by atoms with Crippen molar-refractivity contribution >= 4 is 49.5 Å². The molecule has 5 heteroatoms. The van der Waals surface area contributed by atoms with Crippen molar-refractivity contribution in [3.63, 3.8) is 0 Å². The number of hydrogen-bond acceptors (Lipinski definition) is 4. The van der Waals surface area contributed by atoms with Gasteiger partial charge in [0, 0.05) is 15.5 Å². The number of fused-ring (bicyclic) bond motifs is 1. The van der Waals surface area contributed by atoms with Gasteiger partial charge in [-0.25, -0.2) is 4.98 Å². The van der Waals surface area contributed by atoms with Gasteiger partial charge in [-0.3, -0.25) is 0 Å². The van der Waals surface area contributed by atoms with E-state index in [0.717, 1.165) is 25.8 Å². The molecule has 2 N–H and O–H groups in total. The second kappa shape index (κ2) is 4.23. The van der Waals surface area contributed by atoms with E-state index in [1.165, 1.54) is 10.4 Å². The molecule has 0 radical (unpaired) electrons. The van der Waals surface area contributed by atoms with E-state index in [0.29, 0.717) is 5.02 Å². The first kappa shape index (κ1) is 12.0. The highest BCUT2D eigenvalue weighted by atomic mass is 35.5. The van der Waals surface area contributed by atoms with Crippen LogP contribution in [0.3, 0.4) is 0 Å². The lowest BCUT2D eigenvalue weighted by Gasteiger charge is -1.96. The quantitative estimate of drug-likeness (QED) is 0.695. The fraction of sp³-hybridized carbons (Fsp3) is 0.154. The van der Waals surface area contributed by atoms with Crippen molar-refractivity contribution in [2.75, 3.05) is 5.73 Å². The van der Waals surface area contributed by atoms with E-state index < -0.39 is 0 Å². The number of aryl methyl sites for hydroxylation is 1. The number of thiazole rings is 1. The van der Waals surface area contributed by atoms with Crippen LogP contribution < -0.4 is 5.73 Å². The third kappa shape index (κ3) is 1.81. The van der Waals surface area contributed by atoms with Gasteiger partial charge in [0.2, 0.25) is 0 Å². The van der Waals surface area contributed by atoms with Crippen LogP contribution in [0.4, 0.5) is 5.00 Å². The van der Waals surface area contributed by atoms with E-state index >= 15 is 0 Å². The van der Waals surface area contributed by atoms with Crippen molar-refractivity contribution in [2.45, 2.75) is 13.8 Å². The minimum atomic E-state index is 0.713. The number of halogens is 1. The Balaban J connectivity index is 2.25. The van der Waals surface area contributed by atoms with Gasteiger partial charge in [-0.05, 0) is 37.6 Å². The molecule has 1 aromatic carbocycles. The highest BCUT2D eigenvalue weighted by Crippen LogP contribution is 2.41. The van der Waals surface area contributed by atoms with Crippen LogP contribution in [0.5, 0.6) is 0 Å². The molecule has 92 valence electrons. The smallest absolute Gasteiger partial charge is 0.127 e. The van der Waals surface area contributed by atoms with Crippen LogP contribution in [0, 0.1) is 13.8 Å². The van der Waals surface area contributed by atoms with Gasteiger partial charge in [-0.15, -0.1) is 22.7 Å². The third-order valence-electron chi connectivity index (χ3n) is 2.98. The monoisotopic (exact) mass is 294 g/mol. The number of hydrogen-bond donors (Lipinski definition) is 1. The first-order chi connectivity index (χ1) is 8.56. The molecule has 2 aromatic heterocycles. The summed E-state index contributed by atoms with van der Waals surface area (Å²) in [6, 6.07) is 5.78. The Kier molecular flexibility index (Phi) is 2.81. The van der Waals surface area contributed by atoms with Crippen LogP contribution in [0.15, 0.2) is 18.2 Å². The molecule has 18 heavy (non-hydrogen) atoms. The fourth-order valence-electron chi connectivity index (χ4n) is 1.93. The van der Waals surface area contributed by atoms with Crippen LogP contribution >= 0.6 is 34.3 Å². The Labute approximate surface area is 118 Å². The zero-order valence-corrected chi connectivity index (χ0v) is 12.3. The number of nitrogen functional groups attached to an aromatic ring is 1. The molecule has 0 saturated heterocycles. The van der Waals surface area contributed by atoms with Crippen LogP contribution in [-0.2, 0) is 0 Å². The summed E-state index contributed by atoms with van der Waals surface area (Å²) in [4.78, 5) is 5.89. The lowest BCUT2D eigenvalue weighted by atomic mass is 10.2. The number of nitrogens with zero attached hydrogens (tertiary/aromatic N) is 1. The standard InChI is InChI=1S/C13H11ClN2S2/c1-6-7(2)17-12(15)11(6)13-16-9-5-8(14)3-4-10(9)18-13/h3-5H,15H2,1-2H3.